The second-order valence-electron chi connectivity index (χ2n) is 9.75. The van der Waals surface area contributed by atoms with E-state index in [1.54, 1.807) is 29.2 Å². The van der Waals surface area contributed by atoms with E-state index < -0.39 is 30.1 Å². The zero-order chi connectivity index (χ0) is 26.5. The van der Waals surface area contributed by atoms with Crippen LogP contribution in [-0.4, -0.2) is 77.8 Å². The zero-order valence-electron chi connectivity index (χ0n) is 21.4. The van der Waals surface area contributed by atoms with Crippen LogP contribution < -0.4 is 14.8 Å². The average molecular weight is 513 g/mol. The van der Waals surface area contributed by atoms with Gasteiger partial charge in [-0.05, 0) is 43.5 Å². The summed E-state index contributed by atoms with van der Waals surface area (Å²) in [5.41, 5.74) is 1.25. The molecule has 0 bridgehead atoms. The molecule has 1 heterocycles. The Kier molecular flexibility index (Phi) is 8.66. The van der Waals surface area contributed by atoms with Crippen molar-refractivity contribution in [2.45, 2.75) is 75.7 Å². The van der Waals surface area contributed by atoms with Crippen molar-refractivity contribution in [3.05, 3.63) is 47.1 Å². The third-order valence-electron chi connectivity index (χ3n) is 7.45. The van der Waals surface area contributed by atoms with Crippen molar-refractivity contribution in [2.24, 2.45) is 0 Å². The van der Waals surface area contributed by atoms with Crippen LogP contribution in [0, 0.1) is 0 Å². The topological polar surface area (TPSA) is 125 Å². The molecule has 200 valence electrons. The molecule has 1 aromatic carbocycles. The standard InChI is InChI=1S/C28H36N2O7/c1-3-4-10-23(33)30(18-8-6-5-7-9-18)21-15-20(28(35)29-11-12-31)24-19-13-17(16-32)14-22(36-2)26(19)37-27(24)25(21)34/h4,10,13-16,18,21,24-25,27,31,34H,3,5-9,11-12H2,1-2H3,(H,29,35)/t21-,24+,25+,27+/m1/s1. The number of carbonyl (C=O) groups excluding carboxylic acids is 3. The third-order valence-corrected chi connectivity index (χ3v) is 7.45. The minimum absolute atomic E-state index is 0.0523. The highest BCUT2D eigenvalue weighted by Crippen LogP contribution is 2.51. The summed E-state index contributed by atoms with van der Waals surface area (Å²) < 4.78 is 11.7. The molecular formula is C28H36N2O7. The first kappa shape index (κ1) is 26.9. The van der Waals surface area contributed by atoms with E-state index in [4.69, 9.17) is 9.47 Å². The van der Waals surface area contributed by atoms with Gasteiger partial charge in [-0.2, -0.15) is 0 Å². The number of nitrogens with one attached hydrogen (secondary N) is 1. The average Bonchev–Trinajstić information content (AvgIpc) is 3.32. The number of carbonyl (C=O) groups is 3. The highest BCUT2D eigenvalue weighted by molar-refractivity contribution is 5.97. The fraction of sp³-hybridized carbons (Fsp3) is 0.536. The second kappa shape index (κ2) is 11.9. The number of hydrogen-bond donors (Lipinski definition) is 3. The summed E-state index contributed by atoms with van der Waals surface area (Å²) in [4.78, 5) is 40.1. The molecule has 1 saturated carbocycles. The summed E-state index contributed by atoms with van der Waals surface area (Å²) in [6, 6.07) is 2.33. The Hall–Kier alpha value is -3.17. The number of aldehydes is 1. The number of rotatable bonds is 9. The van der Waals surface area contributed by atoms with Crippen LogP contribution in [0.3, 0.4) is 0 Å². The van der Waals surface area contributed by atoms with Crippen molar-refractivity contribution in [1.82, 2.24) is 10.2 Å². The number of aliphatic hydroxyl groups is 2. The van der Waals surface area contributed by atoms with Crippen molar-refractivity contribution in [2.75, 3.05) is 20.3 Å². The van der Waals surface area contributed by atoms with Gasteiger partial charge in [-0.1, -0.05) is 32.3 Å². The van der Waals surface area contributed by atoms with Gasteiger partial charge in [-0.3, -0.25) is 14.4 Å². The second-order valence-corrected chi connectivity index (χ2v) is 9.75. The van der Waals surface area contributed by atoms with Crippen molar-refractivity contribution in [3.63, 3.8) is 0 Å². The fourth-order valence-electron chi connectivity index (χ4n) is 5.76. The van der Waals surface area contributed by atoms with Crippen molar-refractivity contribution in [3.8, 4) is 11.5 Å². The SMILES string of the molecule is CCC=CC(=O)N(C1CCCCC1)[C@@H]1C=C(C(=O)NCCO)[C@@H]2c3cc(C=O)cc(OC)c3O[C@@H]2[C@H]1O. The maximum absolute atomic E-state index is 13.5. The first-order valence-corrected chi connectivity index (χ1v) is 13.1. The lowest BCUT2D eigenvalue weighted by atomic mass is 9.76. The molecule has 0 saturated heterocycles. The first-order chi connectivity index (χ1) is 17.9. The molecule has 9 nitrogen and oxygen atoms in total. The molecular weight excluding hydrogens is 476 g/mol. The van der Waals surface area contributed by atoms with E-state index in [0.29, 0.717) is 40.9 Å². The van der Waals surface area contributed by atoms with E-state index in [0.717, 1.165) is 32.1 Å². The lowest BCUT2D eigenvalue weighted by molar-refractivity contribution is -0.136. The van der Waals surface area contributed by atoms with E-state index in [1.807, 2.05) is 6.92 Å². The van der Waals surface area contributed by atoms with Gasteiger partial charge in [-0.25, -0.2) is 0 Å². The Labute approximate surface area is 217 Å². The summed E-state index contributed by atoms with van der Waals surface area (Å²) in [5, 5.41) is 23.7. The number of aliphatic hydroxyl groups excluding tert-OH is 2. The minimum Gasteiger partial charge on any atom is -0.493 e. The van der Waals surface area contributed by atoms with Crippen LogP contribution in [0.5, 0.6) is 11.5 Å². The Morgan fingerprint density at radius 2 is 2.00 bits per heavy atom. The summed E-state index contributed by atoms with van der Waals surface area (Å²) in [6.45, 7) is 1.77. The molecule has 3 aliphatic rings. The molecule has 0 aromatic heterocycles. The Morgan fingerprint density at radius 3 is 2.65 bits per heavy atom. The highest BCUT2D eigenvalue weighted by Gasteiger charge is 2.52. The smallest absolute Gasteiger partial charge is 0.247 e. The van der Waals surface area contributed by atoms with Gasteiger partial charge in [0.25, 0.3) is 0 Å². The van der Waals surface area contributed by atoms with Crippen LogP contribution in [0.25, 0.3) is 0 Å². The number of amides is 2. The lowest BCUT2D eigenvalue weighted by Gasteiger charge is -2.44. The number of hydrogen-bond acceptors (Lipinski definition) is 7. The molecule has 37 heavy (non-hydrogen) atoms. The predicted octanol–water partition coefficient (Wildman–Crippen LogP) is 2.26. The Balaban J connectivity index is 1.82. The molecule has 0 spiro atoms. The third kappa shape index (κ3) is 5.29. The molecule has 0 unspecified atom stereocenters. The van der Waals surface area contributed by atoms with Crippen molar-refractivity contribution < 1.29 is 34.1 Å². The highest BCUT2D eigenvalue weighted by atomic mass is 16.5. The molecule has 2 aliphatic carbocycles. The summed E-state index contributed by atoms with van der Waals surface area (Å²) in [5.74, 6) is -0.612. The first-order valence-electron chi connectivity index (χ1n) is 13.1. The maximum Gasteiger partial charge on any atom is 0.247 e. The number of fused-ring (bicyclic) bond motifs is 3. The van der Waals surface area contributed by atoms with Crippen LogP contribution in [0.4, 0.5) is 0 Å². The Morgan fingerprint density at radius 1 is 1.24 bits per heavy atom. The lowest BCUT2D eigenvalue weighted by Crippen LogP contribution is -2.58. The van der Waals surface area contributed by atoms with Crippen LogP contribution in [0.1, 0.15) is 67.3 Å². The van der Waals surface area contributed by atoms with Gasteiger partial charge in [-0.15, -0.1) is 0 Å². The molecule has 9 heteroatoms. The van der Waals surface area contributed by atoms with E-state index in [9.17, 15) is 24.6 Å². The quantitative estimate of drug-likeness (QED) is 0.342. The van der Waals surface area contributed by atoms with Crippen molar-refractivity contribution >= 4 is 18.1 Å². The van der Waals surface area contributed by atoms with Gasteiger partial charge in [0.15, 0.2) is 11.5 Å². The van der Waals surface area contributed by atoms with Gasteiger partial charge in [0.1, 0.15) is 18.5 Å². The minimum atomic E-state index is -1.13. The molecule has 4 rings (SSSR count). The molecule has 1 aromatic rings. The zero-order valence-corrected chi connectivity index (χ0v) is 21.4. The van der Waals surface area contributed by atoms with E-state index in [2.05, 4.69) is 5.32 Å². The number of benzene rings is 1. The maximum atomic E-state index is 13.5. The van der Waals surface area contributed by atoms with E-state index >= 15 is 0 Å². The summed E-state index contributed by atoms with van der Waals surface area (Å²) >= 11 is 0. The molecule has 1 fully saturated rings. The number of nitrogens with zero attached hydrogens (tertiary/aromatic N) is 1. The van der Waals surface area contributed by atoms with Crippen LogP contribution in [0.2, 0.25) is 0 Å². The Bertz CT molecular complexity index is 1080. The number of ether oxygens (including phenoxy) is 2. The summed E-state index contributed by atoms with van der Waals surface area (Å²) in [6.07, 6.45) is 9.11. The van der Waals surface area contributed by atoms with Crippen LogP contribution in [0.15, 0.2) is 35.9 Å². The normalized spacial score (nSPS) is 25.0. The monoisotopic (exact) mass is 512 g/mol. The molecule has 3 N–H and O–H groups in total. The molecule has 4 atom stereocenters. The predicted molar refractivity (Wildman–Crippen MR) is 137 cm³/mol. The molecule has 0 radical (unpaired) electrons. The van der Waals surface area contributed by atoms with E-state index in [1.165, 1.54) is 13.2 Å². The van der Waals surface area contributed by atoms with Crippen LogP contribution >= 0.6 is 0 Å². The van der Waals surface area contributed by atoms with E-state index in [-0.39, 0.29) is 25.1 Å². The molecule has 1 aliphatic heterocycles. The van der Waals surface area contributed by atoms with Gasteiger partial charge in [0, 0.05) is 29.3 Å². The number of methoxy groups -OCH3 is 1. The van der Waals surface area contributed by atoms with Gasteiger partial charge in [0.05, 0.1) is 25.7 Å². The fourth-order valence-corrected chi connectivity index (χ4v) is 5.76. The molecule has 2 amide bonds. The van der Waals surface area contributed by atoms with Crippen LogP contribution in [-0.2, 0) is 9.59 Å². The number of allylic oxidation sites excluding steroid dienone is 1. The van der Waals surface area contributed by atoms with Crippen molar-refractivity contribution in [1.29, 1.82) is 0 Å². The largest absolute Gasteiger partial charge is 0.493 e. The van der Waals surface area contributed by atoms with Gasteiger partial charge >= 0.3 is 0 Å². The van der Waals surface area contributed by atoms with Gasteiger partial charge < -0.3 is 29.9 Å². The summed E-state index contributed by atoms with van der Waals surface area (Å²) in [7, 11) is 1.46. The van der Waals surface area contributed by atoms with Gasteiger partial charge in [0.2, 0.25) is 11.8 Å².